The van der Waals surface area contributed by atoms with E-state index in [1.54, 1.807) is 0 Å². The van der Waals surface area contributed by atoms with Crippen molar-refractivity contribution >= 4 is 22.1 Å². The van der Waals surface area contributed by atoms with Crippen LogP contribution in [0.3, 0.4) is 0 Å². The molecule has 0 aliphatic heterocycles. The van der Waals surface area contributed by atoms with Gasteiger partial charge in [0.1, 0.15) is 0 Å². The van der Waals surface area contributed by atoms with Crippen LogP contribution in [-0.2, 0) is 26.5 Å². The SMILES string of the molecule is CCc1cnc(-c2[c-]ccc3c2oc2nc(-c4c(C)cccc4C)ccc23)cc1C.Cc1ccc(-c2[c-]cccc2)nc1.[Ir]. The van der Waals surface area contributed by atoms with Crippen molar-refractivity contribution < 1.29 is 24.5 Å². The van der Waals surface area contributed by atoms with Crippen LogP contribution in [0.2, 0.25) is 0 Å². The summed E-state index contributed by atoms with van der Waals surface area (Å²) in [6.07, 6.45) is 4.80. The summed E-state index contributed by atoms with van der Waals surface area (Å²) >= 11 is 0. The molecule has 0 bridgehead atoms. The topological polar surface area (TPSA) is 51.8 Å². The Morgan fingerprint density at radius 2 is 1.45 bits per heavy atom. The molecular weight excluding hydrogens is 719 g/mol. The molecule has 44 heavy (non-hydrogen) atoms. The number of hydrogen-bond acceptors (Lipinski definition) is 4. The summed E-state index contributed by atoms with van der Waals surface area (Å²) in [6, 6.07) is 35.0. The number of hydrogen-bond donors (Lipinski definition) is 0. The zero-order chi connectivity index (χ0) is 29.9. The van der Waals surface area contributed by atoms with Gasteiger partial charge in [-0.3, -0.25) is 0 Å². The van der Waals surface area contributed by atoms with E-state index in [1.807, 2.05) is 61.8 Å². The molecule has 7 aromatic rings. The largest absolute Gasteiger partial charge is 0.486 e. The van der Waals surface area contributed by atoms with Gasteiger partial charge in [0.05, 0.1) is 11.3 Å². The molecule has 0 N–H and O–H groups in total. The van der Waals surface area contributed by atoms with Crippen molar-refractivity contribution in [2.45, 2.75) is 41.0 Å². The molecule has 0 saturated carbocycles. The molecule has 3 aromatic carbocycles. The molecule has 0 unspecified atom stereocenters. The van der Waals surface area contributed by atoms with Crippen LogP contribution in [0, 0.1) is 39.8 Å². The third-order valence-electron chi connectivity index (χ3n) is 7.79. The van der Waals surface area contributed by atoms with E-state index in [4.69, 9.17) is 9.40 Å². The van der Waals surface area contributed by atoms with Crippen molar-refractivity contribution in [1.82, 2.24) is 15.0 Å². The van der Waals surface area contributed by atoms with Gasteiger partial charge in [0, 0.05) is 43.4 Å². The number of nitrogens with zero attached hydrogens (tertiary/aromatic N) is 3. The van der Waals surface area contributed by atoms with Gasteiger partial charge >= 0.3 is 0 Å². The van der Waals surface area contributed by atoms with E-state index in [0.717, 1.165) is 51.0 Å². The molecular formula is C39H33IrN3O-2. The van der Waals surface area contributed by atoms with Crippen LogP contribution >= 0.6 is 0 Å². The monoisotopic (exact) mass is 752 g/mol. The first-order valence-electron chi connectivity index (χ1n) is 14.6. The molecule has 4 heterocycles. The predicted molar refractivity (Wildman–Crippen MR) is 176 cm³/mol. The molecule has 1 radical (unpaired) electrons. The maximum atomic E-state index is 6.29. The number of benzene rings is 3. The van der Waals surface area contributed by atoms with Crippen LogP contribution in [-0.4, -0.2) is 15.0 Å². The summed E-state index contributed by atoms with van der Waals surface area (Å²) in [7, 11) is 0. The van der Waals surface area contributed by atoms with Gasteiger partial charge in [-0.25, -0.2) is 4.98 Å². The first-order valence-corrected chi connectivity index (χ1v) is 14.6. The fourth-order valence-electron chi connectivity index (χ4n) is 5.44. The van der Waals surface area contributed by atoms with Crippen molar-refractivity contribution in [3.8, 4) is 33.8 Å². The van der Waals surface area contributed by atoms with Crippen molar-refractivity contribution in [3.63, 3.8) is 0 Å². The summed E-state index contributed by atoms with van der Waals surface area (Å²) in [5.74, 6) is 0. The van der Waals surface area contributed by atoms with Gasteiger partial charge in [0.2, 0.25) is 5.71 Å². The van der Waals surface area contributed by atoms with Crippen molar-refractivity contribution in [2.24, 2.45) is 0 Å². The van der Waals surface area contributed by atoms with E-state index in [1.165, 1.54) is 33.4 Å². The fourth-order valence-corrected chi connectivity index (χ4v) is 5.44. The number of rotatable bonds is 4. The average Bonchev–Trinajstić information content (AvgIpc) is 3.40. The van der Waals surface area contributed by atoms with E-state index in [-0.39, 0.29) is 20.1 Å². The van der Waals surface area contributed by atoms with Crippen LogP contribution in [0.15, 0.2) is 102 Å². The first-order chi connectivity index (χ1) is 20.9. The second-order valence-corrected chi connectivity index (χ2v) is 10.9. The van der Waals surface area contributed by atoms with Gasteiger partial charge in [0.15, 0.2) is 0 Å². The van der Waals surface area contributed by atoms with Crippen LogP contribution in [0.4, 0.5) is 0 Å². The molecule has 4 nitrogen and oxygen atoms in total. The van der Waals surface area contributed by atoms with Gasteiger partial charge in [-0.2, -0.15) is 0 Å². The van der Waals surface area contributed by atoms with Gasteiger partial charge in [0.25, 0.3) is 0 Å². The Labute approximate surface area is 272 Å². The molecule has 0 aliphatic rings. The summed E-state index contributed by atoms with van der Waals surface area (Å²) in [6.45, 7) is 10.5. The molecule has 0 aliphatic carbocycles. The smallest absolute Gasteiger partial charge is 0.216 e. The van der Waals surface area contributed by atoms with E-state index in [2.05, 4.69) is 92.3 Å². The Hall–Kier alpha value is -4.44. The normalized spacial score (nSPS) is 10.8. The minimum Gasteiger partial charge on any atom is -0.486 e. The number of aromatic nitrogens is 3. The number of pyridine rings is 3. The number of furan rings is 1. The Morgan fingerprint density at radius 3 is 2.14 bits per heavy atom. The van der Waals surface area contributed by atoms with Crippen LogP contribution < -0.4 is 0 Å². The van der Waals surface area contributed by atoms with E-state index < -0.39 is 0 Å². The molecule has 7 rings (SSSR count). The van der Waals surface area contributed by atoms with E-state index in [0.29, 0.717) is 5.71 Å². The van der Waals surface area contributed by atoms with Gasteiger partial charge in [-0.15, -0.1) is 54.1 Å². The van der Waals surface area contributed by atoms with Crippen LogP contribution in [0.25, 0.3) is 55.8 Å². The van der Waals surface area contributed by atoms with Gasteiger partial charge < -0.3 is 14.4 Å². The Kier molecular flexibility index (Phi) is 9.49. The molecule has 221 valence electrons. The van der Waals surface area contributed by atoms with Crippen molar-refractivity contribution in [3.05, 3.63) is 137 Å². The molecule has 4 aromatic heterocycles. The molecule has 5 heteroatoms. The van der Waals surface area contributed by atoms with Crippen LogP contribution in [0.5, 0.6) is 0 Å². The first kappa shape index (κ1) is 31.0. The molecule has 0 amide bonds. The molecule has 0 atom stereocenters. The molecule has 0 saturated heterocycles. The quantitative estimate of drug-likeness (QED) is 0.168. The van der Waals surface area contributed by atoms with Crippen molar-refractivity contribution in [2.75, 3.05) is 0 Å². The second kappa shape index (κ2) is 13.5. The Bertz CT molecular complexity index is 2030. The number of fused-ring (bicyclic) bond motifs is 3. The van der Waals surface area contributed by atoms with Crippen LogP contribution in [0.1, 0.15) is 34.7 Å². The minimum atomic E-state index is 0. The fraction of sp³-hybridized carbons (Fsp3) is 0.154. The summed E-state index contributed by atoms with van der Waals surface area (Å²) in [5, 5.41) is 2.05. The average molecular weight is 752 g/mol. The Morgan fingerprint density at radius 1 is 0.682 bits per heavy atom. The molecule has 0 fully saturated rings. The van der Waals surface area contributed by atoms with E-state index >= 15 is 0 Å². The van der Waals surface area contributed by atoms with Crippen molar-refractivity contribution in [1.29, 1.82) is 0 Å². The van der Waals surface area contributed by atoms with E-state index in [9.17, 15) is 0 Å². The predicted octanol–water partition coefficient (Wildman–Crippen LogP) is 9.85. The summed E-state index contributed by atoms with van der Waals surface area (Å²) in [4.78, 5) is 13.9. The molecule has 0 spiro atoms. The zero-order valence-electron chi connectivity index (χ0n) is 25.5. The number of aryl methyl sites for hydroxylation is 5. The third-order valence-corrected chi connectivity index (χ3v) is 7.79. The van der Waals surface area contributed by atoms with Gasteiger partial charge in [-0.1, -0.05) is 59.8 Å². The maximum Gasteiger partial charge on any atom is 0.216 e. The third kappa shape index (κ3) is 6.26. The standard InChI is InChI=1S/C27H23N2O.C12H10N.Ir/c1-5-19-15-28-24(14-18(19)4)22-11-7-10-20-21-12-13-23(29-27(21)30-26(20)22)25-16(2)8-6-9-17(25)3;1-10-7-8-12(13-9-10)11-5-3-2-4-6-11;/h6-10,12-15H,5H2,1-4H3;2-5,7-9H,1H3;/q2*-1;. The Balaban J connectivity index is 0.000000230. The summed E-state index contributed by atoms with van der Waals surface area (Å²) in [5.41, 5.74) is 13.4. The maximum absolute atomic E-state index is 6.29. The zero-order valence-corrected chi connectivity index (χ0v) is 27.9. The van der Waals surface area contributed by atoms with Gasteiger partial charge in [-0.05, 0) is 79.9 Å². The second-order valence-electron chi connectivity index (χ2n) is 10.9. The summed E-state index contributed by atoms with van der Waals surface area (Å²) < 4.78 is 6.29. The minimum absolute atomic E-state index is 0.